The van der Waals surface area contributed by atoms with E-state index in [1.165, 1.54) is 81.3 Å². The van der Waals surface area contributed by atoms with E-state index in [4.69, 9.17) is 62.6 Å². The van der Waals surface area contributed by atoms with E-state index in [0.717, 1.165) is 69.3 Å². The molecule has 2 unspecified atom stereocenters. The quantitative estimate of drug-likeness (QED) is 0.0872. The van der Waals surface area contributed by atoms with E-state index in [-0.39, 0.29) is 86.6 Å². The summed E-state index contributed by atoms with van der Waals surface area (Å²) in [4.78, 5) is 45.3. The van der Waals surface area contributed by atoms with Crippen LogP contribution >= 0.6 is 11.6 Å². The molecule has 426 valence electrons. The molecule has 18 heteroatoms. The van der Waals surface area contributed by atoms with Gasteiger partial charge in [-0.15, -0.1) is 0 Å². The molecule has 17 rings (SSSR count). The second-order valence-electron chi connectivity index (χ2n) is 22.3. The third kappa shape index (κ3) is 11.4. The van der Waals surface area contributed by atoms with Gasteiger partial charge in [-0.05, 0) is 198 Å². The minimum Gasteiger partial charge on any atom is -0.508 e. The molecule has 14 fully saturated rings. The third-order valence-corrected chi connectivity index (χ3v) is 19.2. The standard InChI is InChI=1S/C18H22O7S.C18H22O4.C10H14O.C8H7ClO3.3C2H6.Na/c1-22-18(13-3-2-4-16(10-13)23-26(19,20)21)17(24-25-18)14-6-11-5-12(8-14)9-15(17)7-11;1-20-18(13-3-2-4-16(19)10-13)17(21-22-18)14-6-11-5-12(8-14)9-15(17)7-11;11-10-8-2-6-1-7(4-8)5-9(10)3-6;1-12-8(11)5-2-3-6(9)7(10)4-5;3*1-2;/h2-4,10-12,14-15H,5-9H2,1H3,(H,19,20,21);2-4,10-12,14-15,19H,5-9H2,1H3;6-9H,1-5H2;2-4,10H,1H3;3*1-2H3;/q;;;;;;;+1/i2*1D3;;1D3;;;;. The first-order valence-corrected chi connectivity index (χ1v) is 29.7. The van der Waals surface area contributed by atoms with Gasteiger partial charge in [-0.2, -0.15) is 18.2 Å². The Morgan fingerprint density at radius 2 is 1.01 bits per heavy atom. The van der Waals surface area contributed by atoms with Crippen molar-refractivity contribution in [3.63, 3.8) is 0 Å². The molecule has 3 N–H and O–H groups in total. The molecule has 0 radical (unpaired) electrons. The molecule has 12 saturated carbocycles. The number of carbonyl (C=O) groups excluding carboxylic acids is 2. The minimum absolute atomic E-state index is 0. The van der Waals surface area contributed by atoms with Gasteiger partial charge in [-0.3, -0.25) is 9.35 Å². The van der Waals surface area contributed by atoms with E-state index < -0.39 is 60.3 Å². The van der Waals surface area contributed by atoms with Crippen LogP contribution in [0.3, 0.4) is 0 Å². The van der Waals surface area contributed by atoms with Crippen LogP contribution in [-0.2, 0) is 60.5 Å². The molecule has 2 spiro atoms. The topological polar surface area (TPSA) is 203 Å². The molecule has 12 bridgehead atoms. The van der Waals surface area contributed by atoms with Gasteiger partial charge >= 0.3 is 45.9 Å². The van der Waals surface area contributed by atoms with E-state index in [9.17, 15) is 23.1 Å². The van der Waals surface area contributed by atoms with Crippen molar-refractivity contribution in [2.75, 3.05) is 21.1 Å². The number of phenolic OH excluding ortho intramolecular Hbond substituents is 2. The first-order chi connectivity index (χ1) is 40.5. The molecule has 2 aliphatic heterocycles. The van der Waals surface area contributed by atoms with E-state index >= 15 is 0 Å². The van der Waals surface area contributed by atoms with Gasteiger partial charge in [0.25, 0.3) is 11.6 Å². The van der Waals surface area contributed by atoms with Crippen LogP contribution in [0.15, 0.2) is 66.7 Å². The Morgan fingerprint density at radius 3 is 1.38 bits per heavy atom. The SMILES string of the molecule is CC.CC.CC.O=C1C2CC3CC(C2)CC1C3.[2H]C([2H])([2H])OC(=O)c1ccc(Cl)c(O)c1.[2H]C([2H])([2H])OC1(c2cccc(O)c2)OOC12C1CC3CC(C1)CC2C3.[2H]C([2H])([2H])OC1(c2cccc(OS(=O)(=O)O)c2)OOC12C1CC3CC(C1)CC2C3.[Na+]. The molecule has 2 atom stereocenters. The van der Waals surface area contributed by atoms with Crippen LogP contribution in [-0.4, -0.2) is 67.3 Å². The van der Waals surface area contributed by atoms with Gasteiger partial charge in [0.15, 0.2) is 11.2 Å². The van der Waals surface area contributed by atoms with Gasteiger partial charge in [0, 0.05) is 37.0 Å². The zero-order chi connectivity index (χ0) is 63.2. The maximum absolute atomic E-state index is 11.6. The van der Waals surface area contributed by atoms with Crippen LogP contribution < -0.4 is 33.7 Å². The molecule has 2 saturated heterocycles. The number of phenols is 2. The van der Waals surface area contributed by atoms with E-state index in [2.05, 4.69) is 8.92 Å². The molecule has 2 heterocycles. The van der Waals surface area contributed by atoms with Gasteiger partial charge in [-0.25, -0.2) is 14.6 Å². The van der Waals surface area contributed by atoms with Crippen LogP contribution in [0, 0.1) is 71.0 Å². The van der Waals surface area contributed by atoms with Crippen LogP contribution in [0.5, 0.6) is 17.2 Å². The number of methoxy groups -OCH3 is 3. The molecular weight excluding hydrogens is 1050 g/mol. The van der Waals surface area contributed by atoms with Crippen molar-refractivity contribution in [2.24, 2.45) is 71.0 Å². The molecule has 3 aromatic carbocycles. The van der Waals surface area contributed by atoms with Gasteiger partial charge in [0.1, 0.15) is 23.0 Å². The molecular formula is C60H83ClNaO15S+. The Hall–Kier alpha value is -2.84. The fraction of sp³-hybridized carbons (Fsp3) is 0.667. The number of ketones is 1. The average Bonchev–Trinajstić information content (AvgIpc) is 0.690. The van der Waals surface area contributed by atoms with E-state index in [0.29, 0.717) is 46.9 Å². The summed E-state index contributed by atoms with van der Waals surface area (Å²) in [5.74, 6) is 2.08. The number of hydrogen-bond donors (Lipinski definition) is 3. The maximum Gasteiger partial charge on any atom is 1.00 e. The van der Waals surface area contributed by atoms with Crippen LogP contribution in [0.25, 0.3) is 0 Å². The Kier molecular flexibility index (Phi) is 16.8. The Morgan fingerprint density at radius 1 is 0.590 bits per heavy atom. The summed E-state index contributed by atoms with van der Waals surface area (Å²) in [6.07, 6.45) is 16.7. The molecule has 12 aliphatic carbocycles. The van der Waals surface area contributed by atoms with Crippen molar-refractivity contribution in [3.8, 4) is 17.2 Å². The summed E-state index contributed by atoms with van der Waals surface area (Å²) in [5.41, 5.74) is -1.00. The predicted octanol–water partition coefficient (Wildman–Crippen LogP) is 10.1. The number of halogens is 1. The molecule has 78 heavy (non-hydrogen) atoms. The second kappa shape index (κ2) is 25.7. The summed E-state index contributed by atoms with van der Waals surface area (Å²) in [5, 5.41) is 19.2. The predicted molar refractivity (Wildman–Crippen MR) is 289 cm³/mol. The summed E-state index contributed by atoms with van der Waals surface area (Å²) in [7, 11) is -12.9. The molecule has 0 aromatic heterocycles. The van der Waals surface area contributed by atoms with Crippen LogP contribution in [0.1, 0.15) is 172 Å². The number of hydrogen-bond acceptors (Lipinski definition) is 14. The van der Waals surface area contributed by atoms with E-state index in [1.54, 1.807) is 24.3 Å². The Bertz CT molecular complexity index is 2900. The van der Waals surface area contributed by atoms with Gasteiger partial charge in [0.2, 0.25) is 0 Å². The van der Waals surface area contributed by atoms with Crippen molar-refractivity contribution in [1.29, 1.82) is 0 Å². The summed E-state index contributed by atoms with van der Waals surface area (Å²) < 4.78 is 118. The van der Waals surface area contributed by atoms with Crippen molar-refractivity contribution >= 4 is 33.8 Å². The minimum atomic E-state index is -4.74. The van der Waals surface area contributed by atoms with Crippen molar-refractivity contribution in [1.82, 2.24) is 0 Å². The van der Waals surface area contributed by atoms with Gasteiger partial charge in [-0.1, -0.05) is 77.4 Å². The fourth-order valence-corrected chi connectivity index (χ4v) is 16.8. The normalized spacial score (nSPS) is 39.6. The largest absolute Gasteiger partial charge is 1.00 e. The number of ether oxygens (including phenoxy) is 3. The second-order valence-corrected chi connectivity index (χ2v) is 23.7. The summed E-state index contributed by atoms with van der Waals surface area (Å²) in [6, 6.07) is 15.8. The number of carbonyl (C=O) groups is 2. The first-order valence-electron chi connectivity index (χ1n) is 32.4. The number of benzene rings is 3. The molecule has 15 nitrogen and oxygen atoms in total. The zero-order valence-electron chi connectivity index (χ0n) is 54.9. The average molecular weight is 1140 g/mol. The Labute approximate surface area is 502 Å². The summed E-state index contributed by atoms with van der Waals surface area (Å²) >= 11 is 5.51. The number of Topliss-reactive ketones (excluding diaryl/α,β-unsaturated/α-hetero) is 1. The molecule has 14 aliphatic rings. The van der Waals surface area contributed by atoms with Crippen molar-refractivity contribution in [3.05, 3.63) is 88.4 Å². The van der Waals surface area contributed by atoms with Crippen LogP contribution in [0.2, 0.25) is 5.02 Å². The van der Waals surface area contributed by atoms with Crippen molar-refractivity contribution in [2.45, 2.75) is 161 Å². The first kappa shape index (κ1) is 50.9. The third-order valence-electron chi connectivity index (χ3n) is 18.5. The molecule has 3 aromatic rings. The number of aromatic hydroxyl groups is 2. The summed E-state index contributed by atoms with van der Waals surface area (Å²) in [6.45, 7) is 12.0. The smallest absolute Gasteiger partial charge is 0.508 e. The Balaban J connectivity index is 0.000000169. The number of esters is 1. The van der Waals surface area contributed by atoms with Crippen LogP contribution in [0.4, 0.5) is 0 Å². The van der Waals surface area contributed by atoms with Crippen molar-refractivity contribution < 1.29 is 113 Å². The monoisotopic (exact) mass is 1140 g/mol. The fourth-order valence-electron chi connectivity index (χ4n) is 16.3. The molecule has 0 amide bonds. The van der Waals surface area contributed by atoms with Gasteiger partial charge < -0.3 is 28.6 Å². The number of rotatable bonds is 7. The van der Waals surface area contributed by atoms with E-state index in [1.807, 2.05) is 41.5 Å². The maximum atomic E-state index is 11.6. The van der Waals surface area contributed by atoms with Gasteiger partial charge in [0.05, 0.1) is 30.0 Å². The zero-order valence-corrected chi connectivity index (χ0v) is 49.5.